The van der Waals surface area contributed by atoms with Crippen LogP contribution in [-0.4, -0.2) is 18.2 Å². The number of fused-ring (bicyclic) bond motifs is 1. The summed E-state index contributed by atoms with van der Waals surface area (Å²) in [6.45, 7) is 0.303. The van der Waals surface area contributed by atoms with Crippen molar-refractivity contribution in [3.05, 3.63) is 131 Å². The molecule has 0 spiro atoms. The molecule has 5 rings (SSSR count). The van der Waals surface area contributed by atoms with Gasteiger partial charge in [-0.05, 0) is 48.0 Å². The topological polar surface area (TPSA) is 65.4 Å². The van der Waals surface area contributed by atoms with Gasteiger partial charge in [0.2, 0.25) is 5.78 Å². The molecule has 0 bridgehead atoms. The molecular weight excluding hydrogens is 482 g/mol. The van der Waals surface area contributed by atoms with Crippen molar-refractivity contribution in [1.82, 2.24) is 3.97 Å². The molecule has 0 amide bonds. The Kier molecular flexibility index (Phi) is 6.16. The van der Waals surface area contributed by atoms with Crippen LogP contribution in [0.4, 0.5) is 0 Å². The molecule has 0 saturated carbocycles. The smallest absolute Gasteiger partial charge is 0.268 e. The lowest BCUT2D eigenvalue weighted by molar-refractivity contribution is 0.103. The molecular formula is C28H20ClNO4S. The van der Waals surface area contributed by atoms with E-state index < -0.39 is 15.8 Å². The highest BCUT2D eigenvalue weighted by molar-refractivity contribution is 7.90. The third kappa shape index (κ3) is 4.58. The van der Waals surface area contributed by atoms with Crippen LogP contribution in [0.15, 0.2) is 114 Å². The summed E-state index contributed by atoms with van der Waals surface area (Å²) in [5.41, 5.74) is 1.64. The average Bonchev–Trinajstić information content (AvgIpc) is 3.28. The van der Waals surface area contributed by atoms with Crippen molar-refractivity contribution in [1.29, 1.82) is 0 Å². The minimum atomic E-state index is -4.04. The van der Waals surface area contributed by atoms with Crippen molar-refractivity contribution in [2.24, 2.45) is 0 Å². The molecule has 1 aromatic heterocycles. The molecule has 0 aliphatic rings. The van der Waals surface area contributed by atoms with E-state index in [1.54, 1.807) is 60.7 Å². The molecule has 5 nitrogen and oxygen atoms in total. The van der Waals surface area contributed by atoms with E-state index in [1.807, 2.05) is 30.3 Å². The highest BCUT2D eigenvalue weighted by Gasteiger charge is 2.27. The van der Waals surface area contributed by atoms with Gasteiger partial charge >= 0.3 is 0 Å². The van der Waals surface area contributed by atoms with Crippen LogP contribution in [0.1, 0.15) is 21.6 Å². The van der Waals surface area contributed by atoms with E-state index in [9.17, 15) is 13.2 Å². The van der Waals surface area contributed by atoms with Crippen LogP contribution < -0.4 is 4.74 Å². The molecule has 0 atom stereocenters. The Hall–Kier alpha value is -3.87. The lowest BCUT2D eigenvalue weighted by Gasteiger charge is -2.13. The molecule has 0 N–H and O–H groups in total. The molecule has 35 heavy (non-hydrogen) atoms. The monoisotopic (exact) mass is 501 g/mol. The largest absolute Gasteiger partial charge is 0.489 e. The number of hydrogen-bond acceptors (Lipinski definition) is 4. The summed E-state index contributed by atoms with van der Waals surface area (Å²) in [4.78, 5) is 13.8. The molecule has 0 radical (unpaired) electrons. The number of nitrogens with zero attached hydrogens (tertiary/aromatic N) is 1. The number of hydrogen-bond donors (Lipinski definition) is 0. The van der Waals surface area contributed by atoms with Crippen molar-refractivity contribution in [2.45, 2.75) is 11.5 Å². The second kappa shape index (κ2) is 9.41. The van der Waals surface area contributed by atoms with Crippen LogP contribution in [0.5, 0.6) is 5.75 Å². The standard InChI is InChI=1S/C28H20ClNO4S/c29-23-15-22(16-24(18-23)34-19-20-9-3-1-4-10-20)28(31)27-17-21-11-7-8-14-26(21)30(27)35(32,33)25-12-5-2-6-13-25/h1-18H,19H2. The van der Waals surface area contributed by atoms with E-state index in [0.29, 0.717) is 28.3 Å². The van der Waals surface area contributed by atoms with Gasteiger partial charge in [0, 0.05) is 16.0 Å². The molecule has 174 valence electrons. The fourth-order valence-corrected chi connectivity index (χ4v) is 5.67. The van der Waals surface area contributed by atoms with Crippen LogP contribution in [-0.2, 0) is 16.6 Å². The zero-order valence-electron chi connectivity index (χ0n) is 18.5. The number of halogens is 1. The molecule has 1 heterocycles. The number of aromatic nitrogens is 1. The molecule has 0 aliphatic carbocycles. The molecule has 0 unspecified atom stereocenters. The third-order valence-electron chi connectivity index (χ3n) is 5.56. The third-order valence-corrected chi connectivity index (χ3v) is 7.52. The van der Waals surface area contributed by atoms with E-state index in [1.165, 1.54) is 18.2 Å². The van der Waals surface area contributed by atoms with E-state index in [-0.39, 0.29) is 16.2 Å². The Bertz CT molecular complexity index is 1630. The van der Waals surface area contributed by atoms with Gasteiger partial charge < -0.3 is 4.74 Å². The fourth-order valence-electron chi connectivity index (χ4n) is 3.91. The Labute approximate surface area is 208 Å². The van der Waals surface area contributed by atoms with E-state index in [0.717, 1.165) is 9.54 Å². The van der Waals surface area contributed by atoms with Crippen molar-refractivity contribution in [2.75, 3.05) is 0 Å². The zero-order chi connectivity index (χ0) is 24.4. The first-order chi connectivity index (χ1) is 16.9. The summed E-state index contributed by atoms with van der Waals surface area (Å²) in [7, 11) is -4.04. The van der Waals surface area contributed by atoms with Crippen LogP contribution in [0, 0.1) is 0 Å². The van der Waals surface area contributed by atoms with Crippen molar-refractivity contribution in [3.63, 3.8) is 0 Å². The quantitative estimate of drug-likeness (QED) is 0.244. The Balaban J connectivity index is 1.58. The Morgan fingerprint density at radius 1 is 0.800 bits per heavy atom. The predicted octanol–water partition coefficient (Wildman–Crippen LogP) is 6.34. The highest BCUT2D eigenvalue weighted by Crippen LogP contribution is 2.29. The van der Waals surface area contributed by atoms with Gasteiger partial charge in [-0.2, -0.15) is 0 Å². The molecule has 0 fully saturated rings. The summed E-state index contributed by atoms with van der Waals surface area (Å²) in [5.74, 6) is -0.0638. The van der Waals surface area contributed by atoms with Crippen LogP contribution in [0.3, 0.4) is 0 Å². The highest BCUT2D eigenvalue weighted by atomic mass is 35.5. The van der Waals surface area contributed by atoms with Crippen LogP contribution in [0.2, 0.25) is 5.02 Å². The Morgan fingerprint density at radius 2 is 1.46 bits per heavy atom. The molecule has 0 saturated heterocycles. The SMILES string of the molecule is O=C(c1cc(Cl)cc(OCc2ccccc2)c1)c1cc2ccccc2n1S(=O)(=O)c1ccccc1. The molecule has 0 aliphatic heterocycles. The van der Waals surface area contributed by atoms with E-state index >= 15 is 0 Å². The fraction of sp³-hybridized carbons (Fsp3) is 0.0357. The maximum atomic E-state index is 13.7. The number of carbonyl (C=O) groups is 1. The first-order valence-corrected chi connectivity index (χ1v) is 12.7. The minimum absolute atomic E-state index is 0.0197. The zero-order valence-corrected chi connectivity index (χ0v) is 20.0. The van der Waals surface area contributed by atoms with Crippen molar-refractivity contribution >= 4 is 38.3 Å². The molecule has 5 aromatic rings. The number of ketones is 1. The number of benzene rings is 4. The van der Waals surface area contributed by atoms with Gasteiger partial charge in [0.1, 0.15) is 18.1 Å². The van der Waals surface area contributed by atoms with Crippen molar-refractivity contribution in [3.8, 4) is 5.75 Å². The summed E-state index contributed by atoms with van der Waals surface area (Å²) in [6, 6.07) is 30.9. The second-order valence-electron chi connectivity index (χ2n) is 7.95. The number of rotatable bonds is 7. The summed E-state index contributed by atoms with van der Waals surface area (Å²) in [6.07, 6.45) is 0. The van der Waals surface area contributed by atoms with Crippen LogP contribution in [0.25, 0.3) is 10.9 Å². The van der Waals surface area contributed by atoms with Gasteiger partial charge in [-0.15, -0.1) is 0 Å². The maximum Gasteiger partial charge on any atom is 0.268 e. The summed E-state index contributed by atoms with van der Waals surface area (Å²) < 4.78 is 34.2. The number of ether oxygens (including phenoxy) is 1. The summed E-state index contributed by atoms with van der Waals surface area (Å²) >= 11 is 6.31. The minimum Gasteiger partial charge on any atom is -0.489 e. The summed E-state index contributed by atoms with van der Waals surface area (Å²) in [5, 5.41) is 0.949. The Morgan fingerprint density at radius 3 is 2.20 bits per heavy atom. The van der Waals surface area contributed by atoms with Crippen molar-refractivity contribution < 1.29 is 17.9 Å². The number of carbonyl (C=O) groups excluding carboxylic acids is 1. The number of para-hydroxylation sites is 1. The van der Waals surface area contributed by atoms with Gasteiger partial charge in [0.15, 0.2) is 0 Å². The lowest BCUT2D eigenvalue weighted by Crippen LogP contribution is -2.19. The van der Waals surface area contributed by atoms with Gasteiger partial charge in [-0.25, -0.2) is 12.4 Å². The first kappa shape index (κ1) is 22.9. The van der Waals surface area contributed by atoms with Gasteiger partial charge in [-0.3, -0.25) is 4.79 Å². The molecule has 7 heteroatoms. The normalized spacial score (nSPS) is 11.5. The molecule has 4 aromatic carbocycles. The van der Waals surface area contributed by atoms with Crippen LogP contribution >= 0.6 is 11.6 Å². The first-order valence-electron chi connectivity index (χ1n) is 10.9. The maximum absolute atomic E-state index is 13.7. The lowest BCUT2D eigenvalue weighted by atomic mass is 10.1. The predicted molar refractivity (Wildman–Crippen MR) is 137 cm³/mol. The van der Waals surface area contributed by atoms with E-state index in [4.69, 9.17) is 16.3 Å². The van der Waals surface area contributed by atoms with E-state index in [2.05, 4.69) is 0 Å². The second-order valence-corrected chi connectivity index (χ2v) is 10.2. The van der Waals surface area contributed by atoms with Gasteiger partial charge in [0.25, 0.3) is 10.0 Å². The van der Waals surface area contributed by atoms with Gasteiger partial charge in [-0.1, -0.05) is 78.3 Å². The van der Waals surface area contributed by atoms with Gasteiger partial charge in [0.05, 0.1) is 10.4 Å². The average molecular weight is 502 g/mol.